The molecule has 3 aromatic rings. The monoisotopic (exact) mass is 775 g/mol. The summed E-state index contributed by atoms with van der Waals surface area (Å²) in [5.41, 5.74) is 6.14. The Kier molecular flexibility index (Phi) is 11.3. The summed E-state index contributed by atoms with van der Waals surface area (Å²) in [4.78, 5) is 46.7. The Labute approximate surface area is 336 Å². The molecule has 11 heteroatoms. The molecule has 5 fully saturated rings. The van der Waals surface area contributed by atoms with Gasteiger partial charge in [-0.05, 0) is 149 Å². The first-order valence-corrected chi connectivity index (χ1v) is 21.1. The lowest BCUT2D eigenvalue weighted by Gasteiger charge is -2.40. The molecular formula is C45H54ClN7O3. The van der Waals surface area contributed by atoms with Gasteiger partial charge in [0.1, 0.15) is 12.1 Å². The minimum absolute atomic E-state index is 0.148. The smallest absolute Gasteiger partial charge is 0.253 e. The molecule has 10 nitrogen and oxygen atoms in total. The standard InChI is InChI=1S/C45H54ClN7O3/c1-31-27-45(30-53(31)39-11-6-36(28-47)40(46)26-39)18-24-51(25-19-45)38-9-4-35(5-10-38)44(56)52-22-14-32(15-23-52)29-50-20-16-34(17-21-50)33-2-7-37(8-3-33)48-41-12-13-42(54)49-43(41)55/h2-11,26,31-32,34,41,48H,12-25,27,29-30H2,1H3,(H,49,54,55). The molecule has 2 unspecified atom stereocenters. The highest BCUT2D eigenvalue weighted by atomic mass is 35.5. The number of rotatable bonds is 8. The van der Waals surface area contributed by atoms with Crippen molar-refractivity contribution < 1.29 is 14.4 Å². The molecule has 5 saturated heterocycles. The summed E-state index contributed by atoms with van der Waals surface area (Å²) in [6.07, 6.45) is 8.69. The van der Waals surface area contributed by atoms with E-state index in [4.69, 9.17) is 11.6 Å². The van der Waals surface area contributed by atoms with Gasteiger partial charge in [-0.15, -0.1) is 0 Å². The van der Waals surface area contributed by atoms with Crippen LogP contribution in [0.4, 0.5) is 17.1 Å². The lowest BCUT2D eigenvalue weighted by atomic mass is 9.76. The van der Waals surface area contributed by atoms with Crippen molar-refractivity contribution in [2.24, 2.45) is 11.3 Å². The fourth-order valence-electron chi connectivity index (χ4n) is 10.1. The van der Waals surface area contributed by atoms with Crippen molar-refractivity contribution >= 4 is 46.4 Å². The Hall–Kier alpha value is -4.59. The van der Waals surface area contributed by atoms with Crippen molar-refractivity contribution in [2.75, 3.05) is 67.5 Å². The van der Waals surface area contributed by atoms with Gasteiger partial charge in [0.25, 0.3) is 5.91 Å². The van der Waals surface area contributed by atoms with Gasteiger partial charge in [0.15, 0.2) is 0 Å². The number of imide groups is 1. The molecule has 5 heterocycles. The maximum atomic E-state index is 13.5. The molecule has 3 amide bonds. The van der Waals surface area contributed by atoms with Gasteiger partial charge in [-0.2, -0.15) is 5.26 Å². The van der Waals surface area contributed by atoms with E-state index in [1.807, 2.05) is 30.3 Å². The number of anilines is 3. The Morgan fingerprint density at radius 2 is 1.59 bits per heavy atom. The van der Waals surface area contributed by atoms with Crippen LogP contribution in [-0.4, -0.2) is 92.0 Å². The van der Waals surface area contributed by atoms with Gasteiger partial charge < -0.3 is 24.9 Å². The minimum atomic E-state index is -0.364. The summed E-state index contributed by atoms with van der Waals surface area (Å²) in [6.45, 7) is 10.3. The zero-order chi connectivity index (χ0) is 38.8. The van der Waals surface area contributed by atoms with Crippen molar-refractivity contribution in [1.82, 2.24) is 15.1 Å². The van der Waals surface area contributed by atoms with E-state index in [1.165, 1.54) is 11.3 Å². The predicted octanol–water partition coefficient (Wildman–Crippen LogP) is 7.05. The number of hydrogen-bond donors (Lipinski definition) is 2. The maximum absolute atomic E-state index is 13.5. The second kappa shape index (κ2) is 16.5. The number of nitrogens with one attached hydrogen (secondary N) is 2. The molecule has 1 spiro atoms. The molecule has 0 saturated carbocycles. The third-order valence-electron chi connectivity index (χ3n) is 13.4. The van der Waals surface area contributed by atoms with E-state index in [1.54, 1.807) is 0 Å². The van der Waals surface area contributed by atoms with Crippen molar-refractivity contribution in [3.05, 3.63) is 88.4 Å². The zero-order valence-electron chi connectivity index (χ0n) is 32.5. The lowest BCUT2D eigenvalue weighted by Crippen LogP contribution is -2.47. The van der Waals surface area contributed by atoms with Gasteiger partial charge >= 0.3 is 0 Å². The molecule has 2 atom stereocenters. The van der Waals surface area contributed by atoms with E-state index in [9.17, 15) is 19.6 Å². The molecule has 0 aliphatic carbocycles. The molecule has 8 rings (SSSR count). The van der Waals surface area contributed by atoms with E-state index >= 15 is 0 Å². The summed E-state index contributed by atoms with van der Waals surface area (Å²) >= 11 is 6.38. The normalized spacial score (nSPS) is 23.6. The summed E-state index contributed by atoms with van der Waals surface area (Å²) in [7, 11) is 0. The molecule has 5 aliphatic heterocycles. The van der Waals surface area contributed by atoms with Gasteiger partial charge in [0.2, 0.25) is 11.8 Å². The van der Waals surface area contributed by atoms with Gasteiger partial charge in [0, 0.05) is 74.4 Å². The number of hydrogen-bond acceptors (Lipinski definition) is 8. The number of carbonyl (C=O) groups is 3. The van der Waals surface area contributed by atoms with Crippen LogP contribution in [0, 0.1) is 22.7 Å². The van der Waals surface area contributed by atoms with Crippen LogP contribution in [0.1, 0.15) is 92.1 Å². The third kappa shape index (κ3) is 8.40. The quantitative estimate of drug-likeness (QED) is 0.235. The first kappa shape index (κ1) is 38.3. The molecule has 5 aliphatic rings. The van der Waals surface area contributed by atoms with Crippen LogP contribution in [0.3, 0.4) is 0 Å². The van der Waals surface area contributed by atoms with Crippen molar-refractivity contribution in [1.29, 1.82) is 5.26 Å². The third-order valence-corrected chi connectivity index (χ3v) is 13.8. The van der Waals surface area contributed by atoms with Gasteiger partial charge in [-0.3, -0.25) is 19.7 Å². The summed E-state index contributed by atoms with van der Waals surface area (Å²) in [5, 5.41) is 15.5. The van der Waals surface area contributed by atoms with Crippen molar-refractivity contribution in [2.45, 2.75) is 82.7 Å². The van der Waals surface area contributed by atoms with Crippen LogP contribution in [0.25, 0.3) is 0 Å². The van der Waals surface area contributed by atoms with Crippen LogP contribution in [0.5, 0.6) is 0 Å². The number of likely N-dealkylation sites (tertiary alicyclic amines) is 2. The zero-order valence-corrected chi connectivity index (χ0v) is 33.3. The Morgan fingerprint density at radius 3 is 2.25 bits per heavy atom. The number of nitrogens with zero attached hydrogens (tertiary/aromatic N) is 5. The van der Waals surface area contributed by atoms with Gasteiger partial charge in [-0.1, -0.05) is 23.7 Å². The average molecular weight is 776 g/mol. The molecule has 294 valence electrons. The number of nitriles is 1. The minimum Gasteiger partial charge on any atom is -0.374 e. The molecule has 0 bridgehead atoms. The molecule has 56 heavy (non-hydrogen) atoms. The van der Waals surface area contributed by atoms with Crippen LogP contribution >= 0.6 is 11.6 Å². The number of piperidine rings is 4. The number of benzene rings is 3. The van der Waals surface area contributed by atoms with E-state index < -0.39 is 0 Å². The molecule has 2 N–H and O–H groups in total. The summed E-state index contributed by atoms with van der Waals surface area (Å²) < 4.78 is 0. The van der Waals surface area contributed by atoms with Gasteiger partial charge in [-0.25, -0.2) is 0 Å². The topological polar surface area (TPSA) is 112 Å². The largest absolute Gasteiger partial charge is 0.374 e. The Balaban J connectivity index is 0.752. The molecule has 0 aromatic heterocycles. The number of halogens is 1. The van der Waals surface area contributed by atoms with Crippen molar-refractivity contribution in [3.63, 3.8) is 0 Å². The second-order valence-electron chi connectivity index (χ2n) is 17.1. The highest BCUT2D eigenvalue weighted by Gasteiger charge is 2.44. The Bertz CT molecular complexity index is 1940. The average Bonchev–Trinajstić information content (AvgIpc) is 3.54. The predicted molar refractivity (Wildman–Crippen MR) is 221 cm³/mol. The van der Waals surface area contributed by atoms with E-state index in [0.717, 1.165) is 114 Å². The van der Waals surface area contributed by atoms with Crippen LogP contribution in [0.15, 0.2) is 66.7 Å². The molecular weight excluding hydrogens is 722 g/mol. The maximum Gasteiger partial charge on any atom is 0.253 e. The highest BCUT2D eigenvalue weighted by molar-refractivity contribution is 6.32. The molecule has 3 aromatic carbocycles. The fourth-order valence-corrected chi connectivity index (χ4v) is 10.3. The van der Waals surface area contributed by atoms with E-state index in [-0.39, 0.29) is 29.2 Å². The number of carbonyl (C=O) groups excluding carboxylic acids is 3. The lowest BCUT2D eigenvalue weighted by molar-refractivity contribution is -0.133. The van der Waals surface area contributed by atoms with E-state index in [2.05, 4.69) is 79.6 Å². The second-order valence-corrected chi connectivity index (χ2v) is 17.5. The first-order chi connectivity index (χ1) is 27.1. The van der Waals surface area contributed by atoms with Crippen LogP contribution in [0.2, 0.25) is 5.02 Å². The first-order valence-electron chi connectivity index (χ1n) is 20.7. The number of amides is 3. The van der Waals surface area contributed by atoms with Crippen LogP contribution in [-0.2, 0) is 9.59 Å². The van der Waals surface area contributed by atoms with Crippen molar-refractivity contribution in [3.8, 4) is 6.07 Å². The summed E-state index contributed by atoms with van der Waals surface area (Å²) in [5.74, 6) is 0.864. The SMILES string of the molecule is CC1CC2(CCN(c3ccc(C(=O)N4CCC(CN5CCC(c6ccc(NC7CCC(=O)NC7=O)cc6)CC5)CC4)cc3)CC2)CN1c1ccc(C#N)c(Cl)c1. The van der Waals surface area contributed by atoms with E-state index in [0.29, 0.717) is 41.3 Å². The van der Waals surface area contributed by atoms with Crippen LogP contribution < -0.4 is 20.4 Å². The Morgan fingerprint density at radius 1 is 0.893 bits per heavy atom. The van der Waals surface area contributed by atoms with Gasteiger partial charge in [0.05, 0.1) is 10.6 Å². The highest BCUT2D eigenvalue weighted by Crippen LogP contribution is 2.46. The fraction of sp³-hybridized carbons (Fsp3) is 0.511. The summed E-state index contributed by atoms with van der Waals surface area (Å²) in [6, 6.07) is 24.8. The molecule has 0 radical (unpaired) electrons.